The number of hydrogen-bond acceptors (Lipinski definition) is 5. The summed E-state index contributed by atoms with van der Waals surface area (Å²) in [5.74, 6) is -0.382. The van der Waals surface area contributed by atoms with E-state index in [1.165, 1.54) is 18.2 Å². The molecule has 0 spiro atoms. The first-order valence-corrected chi connectivity index (χ1v) is 9.13. The zero-order valence-electron chi connectivity index (χ0n) is 13.3. The van der Waals surface area contributed by atoms with Gasteiger partial charge in [0.1, 0.15) is 11.4 Å². The molecule has 1 fully saturated rings. The number of halogens is 1. The quantitative estimate of drug-likeness (QED) is 0.881. The molecule has 1 atom stereocenters. The number of sulfone groups is 1. The van der Waals surface area contributed by atoms with Crippen LogP contribution in [0, 0.1) is 5.82 Å². The van der Waals surface area contributed by atoms with E-state index in [1.54, 1.807) is 20.8 Å². The maximum atomic E-state index is 13.5. The van der Waals surface area contributed by atoms with E-state index in [9.17, 15) is 17.6 Å². The van der Waals surface area contributed by atoms with Crippen LogP contribution < -0.4 is 10.6 Å². The van der Waals surface area contributed by atoms with E-state index in [-0.39, 0.29) is 17.5 Å². The Balaban J connectivity index is 2.13. The van der Waals surface area contributed by atoms with E-state index in [0.29, 0.717) is 17.8 Å². The molecule has 128 valence electrons. The van der Waals surface area contributed by atoms with Gasteiger partial charge in [-0.25, -0.2) is 17.6 Å². The fourth-order valence-electron chi connectivity index (χ4n) is 2.29. The van der Waals surface area contributed by atoms with Crippen LogP contribution in [-0.4, -0.2) is 37.7 Å². The molecular formula is C15H21FN2O4S. The van der Waals surface area contributed by atoms with Gasteiger partial charge in [-0.05, 0) is 45.4 Å². The van der Waals surface area contributed by atoms with Gasteiger partial charge in [-0.15, -0.1) is 0 Å². The van der Waals surface area contributed by atoms with E-state index in [1.807, 2.05) is 0 Å². The predicted octanol–water partition coefficient (Wildman–Crippen LogP) is 2.77. The van der Waals surface area contributed by atoms with E-state index < -0.39 is 27.3 Å². The third-order valence-electron chi connectivity index (χ3n) is 3.21. The number of anilines is 2. The standard InChI is InChI=1S/C15H21FN2O4S/c1-15(2,3)22-14(19)18-12-5-4-10(16)8-13(12)17-11-6-7-23(20,21)9-11/h4-5,8,11,17H,6-7,9H2,1-3H3,(H,18,19). The summed E-state index contributed by atoms with van der Waals surface area (Å²) in [7, 11) is -3.05. The number of hydrogen-bond donors (Lipinski definition) is 2. The van der Waals surface area contributed by atoms with Gasteiger partial charge in [0.15, 0.2) is 9.84 Å². The van der Waals surface area contributed by atoms with Crippen LogP contribution in [0.5, 0.6) is 0 Å². The molecule has 1 aromatic rings. The molecule has 2 N–H and O–H groups in total. The number of benzene rings is 1. The highest BCUT2D eigenvalue weighted by Gasteiger charge is 2.28. The van der Waals surface area contributed by atoms with Crippen molar-refractivity contribution in [1.29, 1.82) is 0 Å². The Kier molecular flexibility index (Phi) is 4.84. The monoisotopic (exact) mass is 344 g/mol. The van der Waals surface area contributed by atoms with Crippen LogP contribution >= 0.6 is 0 Å². The van der Waals surface area contributed by atoms with Crippen molar-refractivity contribution in [3.8, 4) is 0 Å². The zero-order valence-corrected chi connectivity index (χ0v) is 14.2. The number of rotatable bonds is 3. The minimum absolute atomic E-state index is 0.00457. The second kappa shape index (κ2) is 6.35. The number of ether oxygens (including phenoxy) is 1. The van der Waals surface area contributed by atoms with Crippen LogP contribution in [0.3, 0.4) is 0 Å². The van der Waals surface area contributed by atoms with Crippen molar-refractivity contribution in [2.45, 2.75) is 38.8 Å². The lowest BCUT2D eigenvalue weighted by Crippen LogP contribution is -2.28. The molecule has 0 saturated carbocycles. The van der Waals surface area contributed by atoms with Crippen LogP contribution in [0.25, 0.3) is 0 Å². The zero-order chi connectivity index (χ0) is 17.3. The average molecular weight is 344 g/mol. The summed E-state index contributed by atoms with van der Waals surface area (Å²) in [5, 5.41) is 5.53. The molecule has 1 saturated heterocycles. The molecule has 0 aromatic heterocycles. The van der Waals surface area contributed by atoms with Crippen LogP contribution in [0.1, 0.15) is 27.2 Å². The van der Waals surface area contributed by atoms with Gasteiger partial charge in [0.25, 0.3) is 0 Å². The van der Waals surface area contributed by atoms with E-state index in [4.69, 9.17) is 4.74 Å². The van der Waals surface area contributed by atoms with Crippen molar-refractivity contribution in [2.24, 2.45) is 0 Å². The maximum Gasteiger partial charge on any atom is 0.412 e. The lowest BCUT2D eigenvalue weighted by molar-refractivity contribution is 0.0636. The van der Waals surface area contributed by atoms with Gasteiger partial charge in [0.2, 0.25) is 0 Å². The highest BCUT2D eigenvalue weighted by atomic mass is 32.2. The second-order valence-electron chi connectivity index (χ2n) is 6.56. The third kappa shape index (κ3) is 5.38. The molecule has 23 heavy (non-hydrogen) atoms. The molecule has 1 unspecified atom stereocenters. The van der Waals surface area contributed by atoms with Crippen molar-refractivity contribution in [3.05, 3.63) is 24.0 Å². The number of nitrogens with one attached hydrogen (secondary N) is 2. The van der Waals surface area contributed by atoms with Gasteiger partial charge in [0.05, 0.1) is 22.9 Å². The maximum absolute atomic E-state index is 13.5. The molecule has 0 radical (unpaired) electrons. The summed E-state index contributed by atoms with van der Waals surface area (Å²) < 4.78 is 41.7. The first-order chi connectivity index (χ1) is 10.5. The number of carbonyl (C=O) groups excluding carboxylic acids is 1. The molecule has 2 rings (SSSR count). The highest BCUT2D eigenvalue weighted by Crippen LogP contribution is 2.26. The van der Waals surface area contributed by atoms with Gasteiger partial charge in [-0.1, -0.05) is 0 Å². The number of carbonyl (C=O) groups is 1. The molecule has 1 amide bonds. The van der Waals surface area contributed by atoms with Crippen molar-refractivity contribution in [3.63, 3.8) is 0 Å². The Morgan fingerprint density at radius 1 is 1.30 bits per heavy atom. The summed E-state index contributed by atoms with van der Waals surface area (Å²) in [6.45, 7) is 5.21. The van der Waals surface area contributed by atoms with Crippen molar-refractivity contribution in [2.75, 3.05) is 22.1 Å². The predicted molar refractivity (Wildman–Crippen MR) is 86.9 cm³/mol. The largest absolute Gasteiger partial charge is 0.444 e. The summed E-state index contributed by atoms with van der Waals surface area (Å²) in [4.78, 5) is 11.9. The molecule has 0 bridgehead atoms. The minimum Gasteiger partial charge on any atom is -0.444 e. The topological polar surface area (TPSA) is 84.5 Å². The van der Waals surface area contributed by atoms with Gasteiger partial charge in [-0.2, -0.15) is 0 Å². The third-order valence-corrected chi connectivity index (χ3v) is 4.98. The average Bonchev–Trinajstić information content (AvgIpc) is 2.70. The van der Waals surface area contributed by atoms with Crippen LogP contribution in [-0.2, 0) is 14.6 Å². The first-order valence-electron chi connectivity index (χ1n) is 7.31. The Hall–Kier alpha value is -1.83. The normalized spacial score (nSPS) is 20.1. The van der Waals surface area contributed by atoms with Crippen molar-refractivity contribution < 1.29 is 22.3 Å². The summed E-state index contributed by atoms with van der Waals surface area (Å²) in [5.41, 5.74) is 0.0138. The Morgan fingerprint density at radius 2 is 2.00 bits per heavy atom. The van der Waals surface area contributed by atoms with Gasteiger partial charge in [-0.3, -0.25) is 5.32 Å². The Morgan fingerprint density at radius 3 is 2.57 bits per heavy atom. The first kappa shape index (κ1) is 17.5. The number of amides is 1. The van der Waals surface area contributed by atoms with Crippen LogP contribution in [0.15, 0.2) is 18.2 Å². The van der Waals surface area contributed by atoms with E-state index in [0.717, 1.165) is 0 Å². The molecule has 1 aliphatic heterocycles. The summed E-state index contributed by atoms with van der Waals surface area (Å²) in [6.07, 6.45) is -0.212. The minimum atomic E-state index is -3.05. The molecule has 6 nitrogen and oxygen atoms in total. The highest BCUT2D eigenvalue weighted by molar-refractivity contribution is 7.91. The fraction of sp³-hybridized carbons (Fsp3) is 0.533. The van der Waals surface area contributed by atoms with Gasteiger partial charge < -0.3 is 10.1 Å². The van der Waals surface area contributed by atoms with E-state index in [2.05, 4.69) is 10.6 Å². The van der Waals surface area contributed by atoms with Crippen molar-refractivity contribution >= 4 is 27.3 Å². The smallest absolute Gasteiger partial charge is 0.412 e. The molecule has 0 aliphatic carbocycles. The lowest BCUT2D eigenvalue weighted by atomic mass is 10.2. The van der Waals surface area contributed by atoms with Crippen LogP contribution in [0.2, 0.25) is 0 Å². The summed E-state index contributed by atoms with van der Waals surface area (Å²) in [6, 6.07) is 3.53. The van der Waals surface area contributed by atoms with Gasteiger partial charge >= 0.3 is 6.09 Å². The summed E-state index contributed by atoms with van der Waals surface area (Å²) >= 11 is 0. The van der Waals surface area contributed by atoms with Crippen molar-refractivity contribution in [1.82, 2.24) is 0 Å². The molecular weight excluding hydrogens is 323 g/mol. The molecule has 1 aliphatic rings. The lowest BCUT2D eigenvalue weighted by Gasteiger charge is -2.21. The van der Waals surface area contributed by atoms with Crippen LogP contribution in [0.4, 0.5) is 20.6 Å². The molecule has 1 heterocycles. The Labute approximate surface area is 135 Å². The fourth-order valence-corrected chi connectivity index (χ4v) is 3.96. The molecule has 1 aromatic carbocycles. The van der Waals surface area contributed by atoms with E-state index >= 15 is 0 Å². The van der Waals surface area contributed by atoms with Gasteiger partial charge in [0, 0.05) is 6.04 Å². The Bertz CT molecular complexity index is 698. The molecule has 8 heteroatoms. The second-order valence-corrected chi connectivity index (χ2v) is 8.79. The SMILES string of the molecule is CC(C)(C)OC(=O)Nc1ccc(F)cc1NC1CCS(=O)(=O)C1.